The molecular weight excluding hydrogens is 204 g/mol. The standard InChI is InChI=1S/C12H22N2O2/c1-12(2,3)16-11(15)14-10-7-4-5-8(10)9(13)6-7/h7-10H,4-6,13H2,1-3H3,(H,14,15)/t7-,8-,9-,10+/m0/s1. The molecule has 0 radical (unpaired) electrons. The number of fused-ring (bicyclic) bond motifs is 2. The molecule has 0 saturated heterocycles. The van der Waals surface area contributed by atoms with Crippen LogP contribution in [0, 0.1) is 11.8 Å². The topological polar surface area (TPSA) is 64.3 Å². The largest absolute Gasteiger partial charge is 0.444 e. The predicted octanol–water partition coefficient (Wildman–Crippen LogP) is 1.64. The Morgan fingerprint density at radius 3 is 2.50 bits per heavy atom. The summed E-state index contributed by atoms with van der Waals surface area (Å²) in [5.41, 5.74) is 5.59. The Morgan fingerprint density at radius 1 is 1.38 bits per heavy atom. The van der Waals surface area contributed by atoms with E-state index in [2.05, 4.69) is 5.32 Å². The first-order valence-electron chi connectivity index (χ1n) is 6.12. The number of hydrogen-bond acceptors (Lipinski definition) is 3. The van der Waals surface area contributed by atoms with E-state index in [4.69, 9.17) is 10.5 Å². The monoisotopic (exact) mass is 226 g/mol. The lowest BCUT2D eigenvalue weighted by molar-refractivity contribution is 0.0490. The maximum atomic E-state index is 11.7. The lowest BCUT2D eigenvalue weighted by Gasteiger charge is -2.23. The maximum Gasteiger partial charge on any atom is 0.407 e. The van der Waals surface area contributed by atoms with E-state index >= 15 is 0 Å². The van der Waals surface area contributed by atoms with Crippen molar-refractivity contribution in [3.05, 3.63) is 0 Å². The minimum atomic E-state index is -0.427. The lowest BCUT2D eigenvalue weighted by atomic mass is 9.96. The number of nitrogens with two attached hydrogens (primary N) is 1. The third-order valence-corrected chi connectivity index (χ3v) is 3.65. The highest BCUT2D eigenvalue weighted by molar-refractivity contribution is 5.68. The van der Waals surface area contributed by atoms with Gasteiger partial charge in [-0.3, -0.25) is 0 Å². The van der Waals surface area contributed by atoms with Gasteiger partial charge in [0.05, 0.1) is 0 Å². The van der Waals surface area contributed by atoms with E-state index in [0.29, 0.717) is 11.8 Å². The minimum absolute atomic E-state index is 0.241. The molecular formula is C12H22N2O2. The highest BCUT2D eigenvalue weighted by atomic mass is 16.6. The van der Waals surface area contributed by atoms with Crippen LogP contribution in [0.4, 0.5) is 4.79 Å². The van der Waals surface area contributed by atoms with Gasteiger partial charge in [-0.1, -0.05) is 0 Å². The molecule has 0 aliphatic heterocycles. The van der Waals surface area contributed by atoms with Crippen LogP contribution in [0.3, 0.4) is 0 Å². The van der Waals surface area contributed by atoms with Crippen LogP contribution >= 0.6 is 0 Å². The van der Waals surface area contributed by atoms with Gasteiger partial charge in [0, 0.05) is 12.1 Å². The molecule has 4 heteroatoms. The fraction of sp³-hybridized carbons (Fsp3) is 0.917. The van der Waals surface area contributed by atoms with Gasteiger partial charge in [-0.15, -0.1) is 0 Å². The Labute approximate surface area is 96.9 Å². The fourth-order valence-electron chi connectivity index (χ4n) is 3.05. The third-order valence-electron chi connectivity index (χ3n) is 3.65. The molecule has 2 fully saturated rings. The first kappa shape index (κ1) is 11.7. The van der Waals surface area contributed by atoms with Crippen molar-refractivity contribution in [1.82, 2.24) is 5.32 Å². The second-order valence-corrected chi connectivity index (χ2v) is 6.07. The second kappa shape index (κ2) is 3.91. The van der Waals surface area contributed by atoms with Crippen LogP contribution in [0.5, 0.6) is 0 Å². The summed E-state index contributed by atoms with van der Waals surface area (Å²) in [5, 5.41) is 2.99. The van der Waals surface area contributed by atoms with E-state index in [1.165, 1.54) is 6.42 Å². The van der Waals surface area contributed by atoms with Crippen molar-refractivity contribution in [2.24, 2.45) is 17.6 Å². The molecule has 2 aliphatic carbocycles. The van der Waals surface area contributed by atoms with Gasteiger partial charge < -0.3 is 15.8 Å². The van der Waals surface area contributed by atoms with Crippen LogP contribution < -0.4 is 11.1 Å². The molecule has 2 aliphatic rings. The fourth-order valence-corrected chi connectivity index (χ4v) is 3.05. The van der Waals surface area contributed by atoms with Crippen molar-refractivity contribution in [2.75, 3.05) is 0 Å². The number of alkyl carbamates (subject to hydrolysis) is 1. The molecule has 0 aromatic rings. The van der Waals surface area contributed by atoms with Crippen molar-refractivity contribution in [3.8, 4) is 0 Å². The van der Waals surface area contributed by atoms with E-state index in [1.54, 1.807) is 0 Å². The number of carbonyl (C=O) groups is 1. The molecule has 2 bridgehead atoms. The highest BCUT2D eigenvalue weighted by Gasteiger charge is 2.47. The van der Waals surface area contributed by atoms with Gasteiger partial charge in [-0.25, -0.2) is 4.79 Å². The SMILES string of the molecule is CC(C)(C)OC(=O)N[C@@H]1[C@H]2CC[C@H]1[C@@H](N)C2. The smallest absolute Gasteiger partial charge is 0.407 e. The molecule has 0 unspecified atom stereocenters. The summed E-state index contributed by atoms with van der Waals surface area (Å²) in [6.45, 7) is 5.63. The molecule has 0 aromatic heterocycles. The maximum absolute atomic E-state index is 11.7. The van der Waals surface area contributed by atoms with Crippen LogP contribution in [0.1, 0.15) is 40.0 Å². The number of hydrogen-bond donors (Lipinski definition) is 2. The summed E-state index contributed by atoms with van der Waals surface area (Å²) < 4.78 is 5.27. The van der Waals surface area contributed by atoms with Crippen molar-refractivity contribution < 1.29 is 9.53 Å². The minimum Gasteiger partial charge on any atom is -0.444 e. The Bertz CT molecular complexity index is 285. The zero-order valence-electron chi connectivity index (χ0n) is 10.3. The van der Waals surface area contributed by atoms with Crippen LogP contribution in [0.15, 0.2) is 0 Å². The van der Waals surface area contributed by atoms with Crippen LogP contribution in [0.2, 0.25) is 0 Å². The molecule has 4 atom stereocenters. The normalized spacial score (nSPS) is 37.5. The van der Waals surface area contributed by atoms with Crippen molar-refractivity contribution in [1.29, 1.82) is 0 Å². The van der Waals surface area contributed by atoms with E-state index < -0.39 is 5.60 Å². The zero-order chi connectivity index (χ0) is 11.9. The summed E-state index contributed by atoms with van der Waals surface area (Å²) in [7, 11) is 0. The molecule has 92 valence electrons. The molecule has 1 amide bonds. The third kappa shape index (κ3) is 2.32. The van der Waals surface area contributed by atoms with Crippen molar-refractivity contribution in [2.45, 2.75) is 57.7 Å². The molecule has 2 saturated carbocycles. The summed E-state index contributed by atoms with van der Waals surface area (Å²) in [4.78, 5) is 11.7. The number of amides is 1. The highest BCUT2D eigenvalue weighted by Crippen LogP contribution is 2.43. The molecule has 16 heavy (non-hydrogen) atoms. The molecule has 0 spiro atoms. The Morgan fingerprint density at radius 2 is 2.06 bits per heavy atom. The Balaban J connectivity index is 1.89. The first-order valence-corrected chi connectivity index (χ1v) is 6.12. The summed E-state index contributed by atoms with van der Waals surface area (Å²) in [5.74, 6) is 1.02. The van der Waals surface area contributed by atoms with Gasteiger partial charge in [0.2, 0.25) is 0 Å². The Hall–Kier alpha value is -0.770. The van der Waals surface area contributed by atoms with Gasteiger partial charge in [0.1, 0.15) is 5.60 Å². The summed E-state index contributed by atoms with van der Waals surface area (Å²) in [6, 6.07) is 0.503. The van der Waals surface area contributed by atoms with Gasteiger partial charge in [-0.2, -0.15) is 0 Å². The average molecular weight is 226 g/mol. The van der Waals surface area contributed by atoms with Crippen LogP contribution in [0.25, 0.3) is 0 Å². The number of carbonyl (C=O) groups excluding carboxylic acids is 1. The average Bonchev–Trinajstić information content (AvgIpc) is 2.57. The first-order chi connectivity index (χ1) is 7.37. The molecule has 0 heterocycles. The van der Waals surface area contributed by atoms with Crippen molar-refractivity contribution >= 4 is 6.09 Å². The second-order valence-electron chi connectivity index (χ2n) is 6.07. The zero-order valence-corrected chi connectivity index (χ0v) is 10.3. The summed E-state index contributed by atoms with van der Waals surface area (Å²) >= 11 is 0. The van der Waals surface area contributed by atoms with Gasteiger partial charge in [0.25, 0.3) is 0 Å². The molecule has 4 nitrogen and oxygen atoms in total. The number of ether oxygens (including phenoxy) is 1. The molecule has 3 N–H and O–H groups in total. The number of rotatable bonds is 1. The Kier molecular flexibility index (Phi) is 2.86. The van der Waals surface area contributed by atoms with Crippen LogP contribution in [-0.4, -0.2) is 23.8 Å². The van der Waals surface area contributed by atoms with E-state index in [9.17, 15) is 4.79 Å². The molecule has 2 rings (SSSR count). The van der Waals surface area contributed by atoms with Crippen LogP contribution in [-0.2, 0) is 4.74 Å². The molecule has 0 aromatic carbocycles. The van der Waals surface area contributed by atoms with E-state index in [0.717, 1.165) is 12.8 Å². The lowest BCUT2D eigenvalue weighted by Crippen LogP contribution is -2.43. The van der Waals surface area contributed by atoms with E-state index in [1.807, 2.05) is 20.8 Å². The van der Waals surface area contributed by atoms with Crippen molar-refractivity contribution in [3.63, 3.8) is 0 Å². The van der Waals surface area contributed by atoms with Gasteiger partial charge in [-0.05, 0) is 51.9 Å². The van der Waals surface area contributed by atoms with E-state index in [-0.39, 0.29) is 18.2 Å². The van der Waals surface area contributed by atoms with Gasteiger partial charge >= 0.3 is 6.09 Å². The van der Waals surface area contributed by atoms with Gasteiger partial charge in [0.15, 0.2) is 0 Å². The quantitative estimate of drug-likeness (QED) is 0.714. The summed E-state index contributed by atoms with van der Waals surface area (Å²) in [6.07, 6.45) is 3.08. The predicted molar refractivity (Wildman–Crippen MR) is 62.0 cm³/mol. The number of nitrogens with one attached hydrogen (secondary N) is 1.